The molecule has 0 aliphatic carbocycles. The maximum absolute atomic E-state index is 12.3. The summed E-state index contributed by atoms with van der Waals surface area (Å²) in [5.41, 5.74) is -1.41. The molecule has 0 bridgehead atoms. The molecule has 5 nitrogen and oxygen atoms in total. The van der Waals surface area contributed by atoms with Gasteiger partial charge in [0.2, 0.25) is 0 Å². The molecule has 0 radical (unpaired) electrons. The van der Waals surface area contributed by atoms with Crippen LogP contribution in [0.15, 0.2) is 0 Å². The van der Waals surface area contributed by atoms with Gasteiger partial charge in [-0.05, 0) is 45.6 Å². The molecule has 5 heteroatoms. The van der Waals surface area contributed by atoms with Gasteiger partial charge in [0, 0.05) is 13.1 Å². The van der Waals surface area contributed by atoms with E-state index in [4.69, 9.17) is 9.47 Å². The van der Waals surface area contributed by atoms with Crippen LogP contribution in [-0.4, -0.2) is 50.2 Å². The highest BCUT2D eigenvalue weighted by molar-refractivity contribution is 5.77. The average Bonchev–Trinajstić information content (AvgIpc) is 2.44. The van der Waals surface area contributed by atoms with E-state index in [0.29, 0.717) is 26.3 Å². The van der Waals surface area contributed by atoms with Crippen LogP contribution in [-0.2, 0) is 19.1 Å². The smallest absolute Gasteiger partial charge is 0.312 e. The van der Waals surface area contributed by atoms with Gasteiger partial charge in [-0.3, -0.25) is 14.5 Å². The summed E-state index contributed by atoms with van der Waals surface area (Å²) in [6.45, 7) is 21.7. The Balaban J connectivity index is 4.25. The summed E-state index contributed by atoms with van der Waals surface area (Å²) >= 11 is 0. The molecular formula is C21H41NO4. The fourth-order valence-corrected chi connectivity index (χ4v) is 1.67. The Morgan fingerprint density at radius 1 is 0.654 bits per heavy atom. The Labute approximate surface area is 160 Å². The standard InChI is InChI=1S/C21H41NO4/c1-18(2,3)20(7,8)16(23)25-14-12-22(11)13-15-26-17(24)21(9,10)19(4,5)6/h12-15H2,1-11H3. The minimum absolute atomic E-state index is 0.163. The number of carbonyl (C=O) groups excluding carboxylic acids is 2. The summed E-state index contributed by atoms with van der Waals surface area (Å²) in [5, 5.41) is 0. The predicted molar refractivity (Wildman–Crippen MR) is 106 cm³/mol. The first kappa shape index (κ1) is 24.9. The van der Waals surface area contributed by atoms with E-state index in [0.717, 1.165) is 0 Å². The monoisotopic (exact) mass is 371 g/mol. The van der Waals surface area contributed by atoms with Gasteiger partial charge in [0.15, 0.2) is 0 Å². The van der Waals surface area contributed by atoms with Crippen molar-refractivity contribution in [2.45, 2.75) is 69.2 Å². The lowest BCUT2D eigenvalue weighted by molar-refractivity contribution is -0.160. The molecular weight excluding hydrogens is 330 g/mol. The molecule has 0 fully saturated rings. The molecule has 0 aliphatic heterocycles. The lowest BCUT2D eigenvalue weighted by atomic mass is 9.69. The summed E-state index contributed by atoms with van der Waals surface area (Å²) in [4.78, 5) is 26.6. The molecule has 0 heterocycles. The van der Waals surface area contributed by atoms with Crippen molar-refractivity contribution in [2.75, 3.05) is 33.4 Å². The quantitative estimate of drug-likeness (QED) is 0.600. The molecule has 0 N–H and O–H groups in total. The Hall–Kier alpha value is -1.10. The molecule has 0 aromatic rings. The van der Waals surface area contributed by atoms with Crippen LogP contribution >= 0.6 is 0 Å². The van der Waals surface area contributed by atoms with Gasteiger partial charge in [-0.2, -0.15) is 0 Å². The van der Waals surface area contributed by atoms with Gasteiger partial charge in [-0.1, -0.05) is 41.5 Å². The average molecular weight is 372 g/mol. The third kappa shape index (κ3) is 6.57. The first-order valence-corrected chi connectivity index (χ1v) is 9.47. The molecule has 0 spiro atoms. The topological polar surface area (TPSA) is 55.8 Å². The van der Waals surface area contributed by atoms with Crippen molar-refractivity contribution in [1.29, 1.82) is 0 Å². The zero-order valence-electron chi connectivity index (χ0n) is 18.9. The van der Waals surface area contributed by atoms with Crippen LogP contribution in [0.4, 0.5) is 0 Å². The maximum atomic E-state index is 12.3. The van der Waals surface area contributed by atoms with Crippen LogP contribution in [0, 0.1) is 21.7 Å². The summed E-state index contributed by atoms with van der Waals surface area (Å²) in [6.07, 6.45) is 0. The number of hydrogen-bond donors (Lipinski definition) is 0. The van der Waals surface area contributed by atoms with E-state index in [2.05, 4.69) is 0 Å². The SMILES string of the molecule is CN(CCOC(=O)C(C)(C)C(C)(C)C)CCOC(=O)C(C)(C)C(C)(C)C. The van der Waals surface area contributed by atoms with Gasteiger partial charge >= 0.3 is 11.9 Å². The summed E-state index contributed by atoms with van der Waals surface area (Å²) in [6, 6.07) is 0. The van der Waals surface area contributed by atoms with E-state index in [-0.39, 0.29) is 22.8 Å². The fraction of sp³-hybridized carbons (Fsp3) is 0.905. The third-order valence-electron chi connectivity index (χ3n) is 6.18. The molecule has 0 rings (SSSR count). The minimum atomic E-state index is -0.542. The fourth-order valence-electron chi connectivity index (χ4n) is 1.67. The van der Waals surface area contributed by atoms with Gasteiger partial charge < -0.3 is 9.47 Å². The number of carbonyl (C=O) groups is 2. The van der Waals surface area contributed by atoms with E-state index in [1.54, 1.807) is 0 Å². The number of esters is 2. The Morgan fingerprint density at radius 2 is 0.923 bits per heavy atom. The van der Waals surface area contributed by atoms with Crippen molar-refractivity contribution in [2.24, 2.45) is 21.7 Å². The Kier molecular flexibility index (Phi) is 8.36. The predicted octanol–water partition coefficient (Wildman–Crippen LogP) is 4.15. The Bertz CT molecular complexity index is 437. The summed E-state index contributed by atoms with van der Waals surface area (Å²) < 4.78 is 10.9. The van der Waals surface area contributed by atoms with Crippen LogP contribution in [0.25, 0.3) is 0 Å². The molecule has 0 amide bonds. The molecule has 0 saturated carbocycles. The summed E-state index contributed by atoms with van der Waals surface area (Å²) in [5.74, 6) is -0.367. The lowest BCUT2D eigenvalue weighted by Crippen LogP contribution is -2.40. The highest BCUT2D eigenvalue weighted by atomic mass is 16.5. The molecule has 0 unspecified atom stereocenters. The van der Waals surface area contributed by atoms with Gasteiger partial charge in [-0.25, -0.2) is 0 Å². The van der Waals surface area contributed by atoms with E-state index in [1.807, 2.05) is 81.2 Å². The number of hydrogen-bond acceptors (Lipinski definition) is 5. The van der Waals surface area contributed by atoms with E-state index in [9.17, 15) is 9.59 Å². The highest BCUT2D eigenvalue weighted by Crippen LogP contribution is 2.39. The number of rotatable bonds is 8. The third-order valence-corrected chi connectivity index (χ3v) is 6.18. The minimum Gasteiger partial charge on any atom is -0.464 e. The van der Waals surface area contributed by atoms with Crippen molar-refractivity contribution in [1.82, 2.24) is 4.90 Å². The molecule has 0 aromatic heterocycles. The van der Waals surface area contributed by atoms with Gasteiger partial charge in [0.1, 0.15) is 13.2 Å². The van der Waals surface area contributed by atoms with Crippen LogP contribution in [0.1, 0.15) is 69.2 Å². The first-order chi connectivity index (χ1) is 11.4. The van der Waals surface area contributed by atoms with Gasteiger partial charge in [0.25, 0.3) is 0 Å². The second-order valence-electron chi connectivity index (χ2n) is 10.3. The lowest BCUT2D eigenvalue weighted by Gasteiger charge is -2.36. The zero-order chi connectivity index (χ0) is 21.0. The second kappa shape index (κ2) is 8.73. The Morgan fingerprint density at radius 3 is 1.15 bits per heavy atom. The van der Waals surface area contributed by atoms with Crippen LogP contribution in [0.5, 0.6) is 0 Å². The highest BCUT2D eigenvalue weighted by Gasteiger charge is 2.42. The van der Waals surface area contributed by atoms with Crippen LogP contribution < -0.4 is 0 Å². The van der Waals surface area contributed by atoms with Crippen molar-refractivity contribution in [3.63, 3.8) is 0 Å². The normalized spacial score (nSPS) is 13.7. The van der Waals surface area contributed by atoms with E-state index in [1.165, 1.54) is 0 Å². The maximum Gasteiger partial charge on any atom is 0.312 e. The van der Waals surface area contributed by atoms with Crippen LogP contribution in [0.3, 0.4) is 0 Å². The number of ether oxygens (including phenoxy) is 2. The van der Waals surface area contributed by atoms with Gasteiger partial charge in [0.05, 0.1) is 10.8 Å². The first-order valence-electron chi connectivity index (χ1n) is 9.47. The van der Waals surface area contributed by atoms with Crippen molar-refractivity contribution in [3.05, 3.63) is 0 Å². The number of likely N-dealkylation sites (N-methyl/N-ethyl adjacent to an activating group) is 1. The summed E-state index contributed by atoms with van der Waals surface area (Å²) in [7, 11) is 1.92. The van der Waals surface area contributed by atoms with E-state index < -0.39 is 10.8 Å². The largest absolute Gasteiger partial charge is 0.464 e. The number of nitrogens with zero attached hydrogens (tertiary/aromatic N) is 1. The molecule has 26 heavy (non-hydrogen) atoms. The van der Waals surface area contributed by atoms with E-state index >= 15 is 0 Å². The molecule has 0 aromatic carbocycles. The molecule has 0 aliphatic rings. The van der Waals surface area contributed by atoms with Crippen molar-refractivity contribution >= 4 is 11.9 Å². The van der Waals surface area contributed by atoms with Gasteiger partial charge in [-0.15, -0.1) is 0 Å². The zero-order valence-corrected chi connectivity index (χ0v) is 18.9. The molecule has 154 valence electrons. The van der Waals surface area contributed by atoms with Crippen LogP contribution in [0.2, 0.25) is 0 Å². The van der Waals surface area contributed by atoms with Crippen molar-refractivity contribution < 1.29 is 19.1 Å². The van der Waals surface area contributed by atoms with Crippen molar-refractivity contribution in [3.8, 4) is 0 Å². The second-order valence-corrected chi connectivity index (χ2v) is 10.3. The molecule has 0 atom stereocenters. The molecule has 0 saturated heterocycles.